The van der Waals surface area contributed by atoms with Crippen molar-refractivity contribution in [3.63, 3.8) is 0 Å². The Morgan fingerprint density at radius 3 is 2.94 bits per heavy atom. The summed E-state index contributed by atoms with van der Waals surface area (Å²) in [7, 11) is 0. The molecule has 0 saturated heterocycles. The fourth-order valence-corrected chi connectivity index (χ4v) is 1.19. The summed E-state index contributed by atoms with van der Waals surface area (Å²) in [4.78, 5) is 4.88. The van der Waals surface area contributed by atoms with Crippen molar-refractivity contribution in [3.8, 4) is 11.8 Å². The van der Waals surface area contributed by atoms with E-state index in [1.54, 1.807) is 24.3 Å². The minimum atomic E-state index is -0.687. The number of nitriles is 1. The summed E-state index contributed by atoms with van der Waals surface area (Å²) in [6.45, 7) is 2.77. The molecule has 17 heavy (non-hydrogen) atoms. The lowest BCUT2D eigenvalue weighted by atomic mass is 10.2. The minimum Gasteiger partial charge on any atom is -0.489 e. The van der Waals surface area contributed by atoms with Crippen molar-refractivity contribution >= 4 is 0 Å². The molecule has 0 fully saturated rings. The minimum absolute atomic E-state index is 0.110. The van der Waals surface area contributed by atoms with Crippen LogP contribution in [0.1, 0.15) is 12.5 Å². The van der Waals surface area contributed by atoms with Crippen molar-refractivity contribution in [3.05, 3.63) is 29.8 Å². The molecule has 0 bridgehead atoms. The number of rotatable bonds is 7. The first kappa shape index (κ1) is 13.5. The Labute approximate surface area is 101 Å². The van der Waals surface area contributed by atoms with E-state index in [2.05, 4.69) is 5.48 Å². The average Bonchev–Trinajstić information content (AvgIpc) is 2.37. The monoisotopic (exact) mass is 236 g/mol. The van der Waals surface area contributed by atoms with E-state index in [4.69, 9.17) is 14.8 Å². The number of hydrogen-bond donors (Lipinski definition) is 2. The Bertz CT molecular complexity index is 376. The van der Waals surface area contributed by atoms with Crippen molar-refractivity contribution in [1.29, 1.82) is 5.26 Å². The van der Waals surface area contributed by atoms with Crippen LogP contribution in [0.25, 0.3) is 0 Å². The molecule has 0 saturated carbocycles. The maximum atomic E-state index is 9.55. The lowest BCUT2D eigenvalue weighted by Gasteiger charge is -2.13. The van der Waals surface area contributed by atoms with Crippen molar-refractivity contribution < 1.29 is 14.7 Å². The van der Waals surface area contributed by atoms with Gasteiger partial charge in [-0.3, -0.25) is 0 Å². The average molecular weight is 236 g/mol. The fourth-order valence-electron chi connectivity index (χ4n) is 1.19. The van der Waals surface area contributed by atoms with Gasteiger partial charge in [-0.2, -0.15) is 10.7 Å². The van der Waals surface area contributed by atoms with E-state index in [1.165, 1.54) is 0 Å². The molecule has 0 aliphatic heterocycles. The van der Waals surface area contributed by atoms with Gasteiger partial charge in [0, 0.05) is 0 Å². The first-order chi connectivity index (χ1) is 8.27. The fraction of sp³-hybridized carbons (Fsp3) is 0.417. The van der Waals surface area contributed by atoms with E-state index in [-0.39, 0.29) is 13.2 Å². The van der Waals surface area contributed by atoms with Gasteiger partial charge in [0.2, 0.25) is 0 Å². The van der Waals surface area contributed by atoms with Gasteiger partial charge in [-0.05, 0) is 19.1 Å². The lowest BCUT2D eigenvalue weighted by Crippen LogP contribution is -2.31. The number of nitrogens with one attached hydrogen (secondary N) is 1. The summed E-state index contributed by atoms with van der Waals surface area (Å²) >= 11 is 0. The Morgan fingerprint density at radius 1 is 1.47 bits per heavy atom. The molecular formula is C12H16N2O3. The van der Waals surface area contributed by atoms with Gasteiger partial charge in [0.1, 0.15) is 24.5 Å². The van der Waals surface area contributed by atoms with E-state index in [1.807, 2.05) is 13.0 Å². The number of ether oxygens (including phenoxy) is 1. The quantitative estimate of drug-likeness (QED) is 0.542. The molecule has 0 aliphatic carbocycles. The Balaban J connectivity index is 2.37. The van der Waals surface area contributed by atoms with Gasteiger partial charge in [0.25, 0.3) is 0 Å². The van der Waals surface area contributed by atoms with E-state index in [0.29, 0.717) is 17.9 Å². The largest absolute Gasteiger partial charge is 0.489 e. The molecule has 1 atom stereocenters. The van der Waals surface area contributed by atoms with Crippen LogP contribution in [0.2, 0.25) is 0 Å². The smallest absolute Gasteiger partial charge is 0.137 e. The Hall–Kier alpha value is -1.61. The second-order valence-corrected chi connectivity index (χ2v) is 3.35. The second-order valence-electron chi connectivity index (χ2n) is 3.35. The van der Waals surface area contributed by atoms with Crippen LogP contribution in [0.5, 0.6) is 5.75 Å². The predicted octanol–water partition coefficient (Wildman–Crippen LogP) is 0.839. The van der Waals surface area contributed by atoms with Gasteiger partial charge in [0.05, 0.1) is 18.7 Å². The van der Waals surface area contributed by atoms with Crippen LogP contribution in [0.3, 0.4) is 0 Å². The molecule has 5 nitrogen and oxygen atoms in total. The lowest BCUT2D eigenvalue weighted by molar-refractivity contribution is 0.00947. The van der Waals surface area contributed by atoms with Crippen LogP contribution < -0.4 is 10.2 Å². The molecule has 0 aliphatic rings. The van der Waals surface area contributed by atoms with Gasteiger partial charge in [-0.15, -0.1) is 0 Å². The van der Waals surface area contributed by atoms with E-state index in [9.17, 15) is 5.11 Å². The summed E-state index contributed by atoms with van der Waals surface area (Å²) in [5.74, 6) is 0.477. The number of aliphatic hydroxyl groups excluding tert-OH is 1. The second kappa shape index (κ2) is 7.63. The van der Waals surface area contributed by atoms with Crippen LogP contribution in [0.4, 0.5) is 0 Å². The molecule has 92 valence electrons. The molecule has 0 amide bonds. The van der Waals surface area contributed by atoms with Crippen LogP contribution in [-0.2, 0) is 4.84 Å². The summed E-state index contributed by atoms with van der Waals surface area (Å²) in [6.07, 6.45) is -0.687. The van der Waals surface area contributed by atoms with Gasteiger partial charge >= 0.3 is 0 Å². The van der Waals surface area contributed by atoms with Crippen molar-refractivity contribution in [2.75, 3.05) is 19.8 Å². The molecule has 0 spiro atoms. The number of benzene rings is 1. The third-order valence-corrected chi connectivity index (χ3v) is 2.00. The molecule has 1 rings (SSSR count). The first-order valence-electron chi connectivity index (χ1n) is 5.42. The number of nitrogens with zero attached hydrogens (tertiary/aromatic N) is 1. The highest BCUT2D eigenvalue weighted by Crippen LogP contribution is 2.16. The zero-order valence-corrected chi connectivity index (χ0v) is 9.72. The highest BCUT2D eigenvalue weighted by atomic mass is 16.6. The van der Waals surface area contributed by atoms with Crippen LogP contribution >= 0.6 is 0 Å². The number of aliphatic hydroxyl groups is 1. The normalized spacial score (nSPS) is 11.8. The molecular weight excluding hydrogens is 220 g/mol. The van der Waals surface area contributed by atoms with Gasteiger partial charge < -0.3 is 14.7 Å². The highest BCUT2D eigenvalue weighted by Gasteiger charge is 2.07. The molecule has 2 N–H and O–H groups in total. The van der Waals surface area contributed by atoms with E-state index >= 15 is 0 Å². The maximum absolute atomic E-state index is 9.55. The zero-order valence-electron chi connectivity index (χ0n) is 9.72. The van der Waals surface area contributed by atoms with Crippen LogP contribution in [0, 0.1) is 11.3 Å². The molecule has 0 radical (unpaired) electrons. The van der Waals surface area contributed by atoms with Crippen molar-refractivity contribution in [2.24, 2.45) is 0 Å². The van der Waals surface area contributed by atoms with Crippen molar-refractivity contribution in [2.45, 2.75) is 13.0 Å². The molecule has 1 aromatic carbocycles. The molecule has 0 aromatic heterocycles. The SMILES string of the molecule is CCONCC(O)COc1ccccc1C#N. The molecule has 1 unspecified atom stereocenters. The highest BCUT2D eigenvalue weighted by molar-refractivity contribution is 5.42. The third kappa shape index (κ3) is 4.83. The molecule has 1 aromatic rings. The van der Waals surface area contributed by atoms with Crippen LogP contribution in [-0.4, -0.2) is 31.0 Å². The number of para-hydroxylation sites is 1. The maximum Gasteiger partial charge on any atom is 0.137 e. The number of hydroxylamine groups is 1. The van der Waals surface area contributed by atoms with Gasteiger partial charge in [0.15, 0.2) is 0 Å². The standard InChI is InChI=1S/C12H16N2O3/c1-2-17-14-8-11(15)9-16-12-6-4-3-5-10(12)7-13/h3-6,11,14-15H,2,8-9H2,1H3. The van der Waals surface area contributed by atoms with E-state index in [0.717, 1.165) is 0 Å². The van der Waals surface area contributed by atoms with Crippen LogP contribution in [0.15, 0.2) is 24.3 Å². The summed E-state index contributed by atoms with van der Waals surface area (Å²) in [5.41, 5.74) is 3.06. The van der Waals surface area contributed by atoms with E-state index < -0.39 is 6.10 Å². The topological polar surface area (TPSA) is 74.5 Å². The third-order valence-electron chi connectivity index (χ3n) is 2.00. The predicted molar refractivity (Wildman–Crippen MR) is 62.3 cm³/mol. The summed E-state index contributed by atoms with van der Waals surface area (Å²) in [5, 5.41) is 18.4. The van der Waals surface area contributed by atoms with Gasteiger partial charge in [-0.25, -0.2) is 0 Å². The summed E-state index contributed by atoms with van der Waals surface area (Å²) in [6, 6.07) is 8.93. The number of hydrogen-bond acceptors (Lipinski definition) is 5. The Morgan fingerprint density at radius 2 is 2.24 bits per heavy atom. The first-order valence-corrected chi connectivity index (χ1v) is 5.42. The Kier molecular flexibility index (Phi) is 6.04. The molecule has 0 heterocycles. The zero-order chi connectivity index (χ0) is 12.5. The van der Waals surface area contributed by atoms with Crippen molar-refractivity contribution in [1.82, 2.24) is 5.48 Å². The van der Waals surface area contributed by atoms with Gasteiger partial charge in [-0.1, -0.05) is 12.1 Å². The summed E-state index contributed by atoms with van der Waals surface area (Å²) < 4.78 is 5.35. The molecule has 5 heteroatoms.